The molecule has 0 aromatic heterocycles. The minimum Gasteiger partial charge on any atom is -0.410 e. The Kier molecular flexibility index (Phi) is 3.62. The van der Waals surface area contributed by atoms with E-state index in [2.05, 4.69) is 47.7 Å². The number of ketones is 1. The van der Waals surface area contributed by atoms with Gasteiger partial charge in [0.15, 0.2) is 14.1 Å². The lowest BCUT2D eigenvalue weighted by molar-refractivity contribution is -0.115. The Labute approximate surface area is 125 Å². The molecule has 2 atom stereocenters. The highest BCUT2D eigenvalue weighted by molar-refractivity contribution is 6.74. The number of rotatable bonds is 2. The van der Waals surface area contributed by atoms with Gasteiger partial charge in [0.25, 0.3) is 0 Å². The van der Waals surface area contributed by atoms with Gasteiger partial charge in [0.2, 0.25) is 0 Å². The normalized spacial score (nSPS) is 30.1. The molecule has 2 rings (SSSR count). The van der Waals surface area contributed by atoms with E-state index in [0.717, 1.165) is 12.0 Å². The highest BCUT2D eigenvalue weighted by Gasteiger charge is 2.52. The molecule has 1 fully saturated rings. The van der Waals surface area contributed by atoms with Crippen molar-refractivity contribution in [3.05, 3.63) is 11.1 Å². The van der Waals surface area contributed by atoms with Crippen LogP contribution in [-0.4, -0.2) is 20.2 Å². The molecule has 0 saturated heterocycles. The quantitative estimate of drug-likeness (QED) is 0.689. The van der Waals surface area contributed by atoms with Crippen LogP contribution in [0.2, 0.25) is 18.1 Å². The van der Waals surface area contributed by atoms with Crippen molar-refractivity contribution in [3.63, 3.8) is 0 Å². The summed E-state index contributed by atoms with van der Waals surface area (Å²) < 4.78 is 6.74. The third-order valence-electron chi connectivity index (χ3n) is 5.71. The summed E-state index contributed by atoms with van der Waals surface area (Å²) in [7, 11) is -1.82. The molecule has 20 heavy (non-hydrogen) atoms. The fourth-order valence-corrected chi connectivity index (χ4v) is 4.79. The first-order chi connectivity index (χ1) is 8.87. The predicted molar refractivity (Wildman–Crippen MR) is 86.3 cm³/mol. The summed E-state index contributed by atoms with van der Waals surface area (Å²) in [6.07, 6.45) is 1.94. The minimum atomic E-state index is -1.82. The van der Waals surface area contributed by atoms with Crippen LogP contribution >= 0.6 is 0 Å². The van der Waals surface area contributed by atoms with Gasteiger partial charge in [-0.3, -0.25) is 4.79 Å². The SMILES string of the molecule is CC1=C2C(CC1=O)CC(C)(C)C2O[Si](C)(C)C(C)(C)C. The molecule has 0 N–H and O–H groups in total. The Morgan fingerprint density at radius 3 is 2.30 bits per heavy atom. The van der Waals surface area contributed by atoms with Crippen molar-refractivity contribution < 1.29 is 9.22 Å². The lowest BCUT2D eigenvalue weighted by Gasteiger charge is -2.42. The number of allylic oxidation sites excluding steroid dienone is 1. The van der Waals surface area contributed by atoms with Crippen molar-refractivity contribution in [2.75, 3.05) is 0 Å². The van der Waals surface area contributed by atoms with Gasteiger partial charge < -0.3 is 4.43 Å². The Balaban J connectivity index is 2.37. The molecule has 2 nitrogen and oxygen atoms in total. The first-order valence-corrected chi connectivity index (χ1v) is 10.7. The summed E-state index contributed by atoms with van der Waals surface area (Å²) in [5.41, 5.74) is 2.46. The summed E-state index contributed by atoms with van der Waals surface area (Å²) in [5.74, 6) is 0.775. The third-order valence-corrected chi connectivity index (χ3v) is 10.1. The highest BCUT2D eigenvalue weighted by Crippen LogP contribution is 2.54. The maximum Gasteiger partial charge on any atom is 0.192 e. The van der Waals surface area contributed by atoms with Gasteiger partial charge in [0, 0.05) is 6.42 Å². The first kappa shape index (κ1) is 16.0. The largest absolute Gasteiger partial charge is 0.410 e. The van der Waals surface area contributed by atoms with Crippen LogP contribution < -0.4 is 0 Å². The predicted octanol–water partition coefficient (Wildman–Crippen LogP) is 4.71. The maximum atomic E-state index is 12.0. The van der Waals surface area contributed by atoms with Crippen LogP contribution in [0.1, 0.15) is 54.4 Å². The van der Waals surface area contributed by atoms with E-state index in [9.17, 15) is 4.79 Å². The molecule has 0 radical (unpaired) electrons. The van der Waals surface area contributed by atoms with Gasteiger partial charge in [-0.2, -0.15) is 0 Å². The number of hydrogen-bond donors (Lipinski definition) is 0. The zero-order valence-electron chi connectivity index (χ0n) is 14.4. The van der Waals surface area contributed by atoms with Crippen molar-refractivity contribution in [3.8, 4) is 0 Å². The molecular formula is C17H30O2Si. The maximum absolute atomic E-state index is 12.0. The molecule has 0 bridgehead atoms. The van der Waals surface area contributed by atoms with E-state index >= 15 is 0 Å². The Hall–Kier alpha value is -0.413. The molecular weight excluding hydrogens is 264 g/mol. The summed E-state index contributed by atoms with van der Waals surface area (Å²) in [6, 6.07) is 0. The van der Waals surface area contributed by atoms with E-state index in [-0.39, 0.29) is 16.6 Å². The average molecular weight is 295 g/mol. The Morgan fingerprint density at radius 2 is 1.80 bits per heavy atom. The van der Waals surface area contributed by atoms with Gasteiger partial charge in [0.05, 0.1) is 6.10 Å². The van der Waals surface area contributed by atoms with Crippen LogP contribution in [0.4, 0.5) is 0 Å². The van der Waals surface area contributed by atoms with Gasteiger partial charge in [0.1, 0.15) is 0 Å². The molecule has 0 aliphatic heterocycles. The topological polar surface area (TPSA) is 26.3 Å². The summed E-state index contributed by atoms with van der Waals surface area (Å²) in [4.78, 5) is 12.0. The van der Waals surface area contributed by atoms with Crippen LogP contribution in [0, 0.1) is 11.3 Å². The fraction of sp³-hybridized carbons (Fsp3) is 0.824. The fourth-order valence-electron chi connectivity index (χ4n) is 3.40. The van der Waals surface area contributed by atoms with Crippen molar-refractivity contribution in [1.29, 1.82) is 0 Å². The zero-order chi connectivity index (χ0) is 15.5. The molecule has 2 aliphatic rings. The molecule has 2 unspecified atom stereocenters. The Bertz CT molecular complexity index is 466. The second kappa shape index (κ2) is 4.54. The van der Waals surface area contributed by atoms with E-state index in [1.165, 1.54) is 5.57 Å². The van der Waals surface area contributed by atoms with Crippen molar-refractivity contribution >= 4 is 14.1 Å². The summed E-state index contributed by atoms with van der Waals surface area (Å²) in [6.45, 7) is 18.0. The zero-order valence-corrected chi connectivity index (χ0v) is 15.4. The van der Waals surface area contributed by atoms with E-state index in [0.29, 0.717) is 18.1 Å². The lowest BCUT2D eigenvalue weighted by Crippen LogP contribution is -2.47. The second-order valence-corrected chi connectivity index (χ2v) is 13.6. The number of carbonyl (C=O) groups is 1. The smallest absolute Gasteiger partial charge is 0.192 e. The number of fused-ring (bicyclic) bond motifs is 1. The molecule has 1 saturated carbocycles. The van der Waals surface area contributed by atoms with E-state index in [4.69, 9.17) is 4.43 Å². The van der Waals surface area contributed by atoms with Crippen LogP contribution in [0.5, 0.6) is 0 Å². The molecule has 0 aromatic rings. The summed E-state index contributed by atoms with van der Waals surface area (Å²) >= 11 is 0. The van der Waals surface area contributed by atoms with Crippen LogP contribution in [0.3, 0.4) is 0 Å². The van der Waals surface area contributed by atoms with Crippen molar-refractivity contribution in [2.45, 2.75) is 78.6 Å². The summed E-state index contributed by atoms with van der Waals surface area (Å²) in [5, 5.41) is 0.207. The second-order valence-electron chi connectivity index (χ2n) is 8.86. The monoisotopic (exact) mass is 294 g/mol. The average Bonchev–Trinajstić information content (AvgIpc) is 2.61. The molecule has 114 valence electrons. The molecule has 2 aliphatic carbocycles. The van der Waals surface area contributed by atoms with Gasteiger partial charge >= 0.3 is 0 Å². The Morgan fingerprint density at radius 1 is 1.25 bits per heavy atom. The molecule has 3 heteroatoms. The number of hydrogen-bond acceptors (Lipinski definition) is 2. The van der Waals surface area contributed by atoms with Crippen molar-refractivity contribution in [1.82, 2.24) is 0 Å². The molecule has 0 aromatic carbocycles. The van der Waals surface area contributed by atoms with E-state index < -0.39 is 8.32 Å². The van der Waals surface area contributed by atoms with Gasteiger partial charge in [-0.1, -0.05) is 34.6 Å². The van der Waals surface area contributed by atoms with Crippen LogP contribution in [-0.2, 0) is 9.22 Å². The standard InChI is InChI=1S/C17H30O2Si/c1-11-13(18)9-12-10-17(5,6)15(14(11)12)19-20(7,8)16(2,3)4/h12,15H,9-10H2,1-8H3. The first-order valence-electron chi connectivity index (χ1n) is 7.78. The van der Waals surface area contributed by atoms with Crippen LogP contribution in [0.25, 0.3) is 0 Å². The van der Waals surface area contributed by atoms with Crippen LogP contribution in [0.15, 0.2) is 11.1 Å². The molecule has 0 amide bonds. The number of Topliss-reactive ketones (excluding diaryl/α,β-unsaturated/α-hetero) is 1. The van der Waals surface area contributed by atoms with E-state index in [1.807, 2.05) is 6.92 Å². The lowest BCUT2D eigenvalue weighted by atomic mass is 9.86. The molecule has 0 spiro atoms. The van der Waals surface area contributed by atoms with Gasteiger partial charge in [-0.25, -0.2) is 0 Å². The van der Waals surface area contributed by atoms with Crippen molar-refractivity contribution in [2.24, 2.45) is 11.3 Å². The number of carbonyl (C=O) groups excluding carboxylic acids is 1. The minimum absolute atomic E-state index is 0.139. The highest BCUT2D eigenvalue weighted by atomic mass is 28.4. The molecule has 0 heterocycles. The third kappa shape index (κ3) is 2.43. The van der Waals surface area contributed by atoms with Gasteiger partial charge in [-0.05, 0) is 54.0 Å². The van der Waals surface area contributed by atoms with E-state index in [1.54, 1.807) is 0 Å². The van der Waals surface area contributed by atoms with Gasteiger partial charge in [-0.15, -0.1) is 0 Å².